The minimum absolute atomic E-state index is 0.152. The van der Waals surface area contributed by atoms with Crippen LogP contribution in [0.3, 0.4) is 0 Å². The van der Waals surface area contributed by atoms with E-state index in [1.165, 1.54) is 16.9 Å². The van der Waals surface area contributed by atoms with Crippen molar-refractivity contribution in [3.63, 3.8) is 0 Å². The van der Waals surface area contributed by atoms with E-state index in [-0.39, 0.29) is 5.82 Å². The highest BCUT2D eigenvalue weighted by Gasteiger charge is 2.20. The maximum Gasteiger partial charge on any atom is 0.123 e. The molecule has 0 saturated carbocycles. The first-order valence-electron chi connectivity index (χ1n) is 9.29. The monoisotopic (exact) mass is 344 g/mol. The molecule has 136 valence electrons. The molecule has 0 aliphatic carbocycles. The number of benzene rings is 1. The molecule has 2 heterocycles. The fraction of sp³-hybridized carbons (Fsp3) is 0.550. The van der Waals surface area contributed by atoms with E-state index in [0.29, 0.717) is 6.04 Å². The Hall–Kier alpha value is -1.88. The number of piperidine rings is 1. The van der Waals surface area contributed by atoms with Gasteiger partial charge in [-0.2, -0.15) is 5.10 Å². The van der Waals surface area contributed by atoms with Gasteiger partial charge in [-0.1, -0.05) is 0 Å². The van der Waals surface area contributed by atoms with E-state index in [4.69, 9.17) is 0 Å². The van der Waals surface area contributed by atoms with Crippen LogP contribution in [0, 0.1) is 26.6 Å². The third kappa shape index (κ3) is 4.40. The quantitative estimate of drug-likeness (QED) is 0.786. The second-order valence-electron chi connectivity index (χ2n) is 7.16. The summed E-state index contributed by atoms with van der Waals surface area (Å²) in [5.41, 5.74) is 5.88. The average molecular weight is 344 g/mol. The number of anilines is 1. The molecule has 1 saturated heterocycles. The number of halogens is 1. The molecule has 0 bridgehead atoms. The number of aromatic amines is 1. The van der Waals surface area contributed by atoms with Crippen molar-refractivity contribution in [1.29, 1.82) is 0 Å². The van der Waals surface area contributed by atoms with Crippen molar-refractivity contribution in [3.8, 4) is 0 Å². The first kappa shape index (κ1) is 17.9. The minimum Gasteiger partial charge on any atom is -0.371 e. The van der Waals surface area contributed by atoms with Crippen molar-refractivity contribution >= 4 is 5.69 Å². The van der Waals surface area contributed by atoms with E-state index in [0.717, 1.165) is 56.6 Å². The third-order valence-electron chi connectivity index (χ3n) is 5.31. The summed E-state index contributed by atoms with van der Waals surface area (Å²) in [4.78, 5) is 2.38. The molecule has 0 amide bonds. The minimum atomic E-state index is -0.152. The predicted octanol–water partition coefficient (Wildman–Crippen LogP) is 3.67. The highest BCUT2D eigenvalue weighted by Crippen LogP contribution is 2.24. The van der Waals surface area contributed by atoms with Crippen LogP contribution >= 0.6 is 0 Å². The van der Waals surface area contributed by atoms with E-state index in [1.54, 1.807) is 12.1 Å². The van der Waals surface area contributed by atoms with Crippen molar-refractivity contribution < 1.29 is 4.39 Å². The molecule has 1 aliphatic heterocycles. The van der Waals surface area contributed by atoms with Gasteiger partial charge in [0.25, 0.3) is 0 Å². The lowest BCUT2D eigenvalue weighted by Gasteiger charge is -2.35. The Labute approximate surface area is 149 Å². The molecule has 1 aromatic heterocycles. The fourth-order valence-electron chi connectivity index (χ4n) is 3.81. The van der Waals surface area contributed by atoms with Crippen LogP contribution in [0.1, 0.15) is 41.8 Å². The van der Waals surface area contributed by atoms with Gasteiger partial charge in [0, 0.05) is 30.5 Å². The lowest BCUT2D eigenvalue weighted by molar-refractivity contribution is 0.412. The normalized spacial score (nSPS) is 15.8. The van der Waals surface area contributed by atoms with Crippen molar-refractivity contribution in [2.45, 2.75) is 52.5 Å². The zero-order valence-electron chi connectivity index (χ0n) is 15.5. The maximum atomic E-state index is 13.3. The lowest BCUT2D eigenvalue weighted by Crippen LogP contribution is -2.43. The number of nitrogens with one attached hydrogen (secondary N) is 2. The van der Waals surface area contributed by atoms with Crippen LogP contribution in [-0.4, -0.2) is 35.9 Å². The summed E-state index contributed by atoms with van der Waals surface area (Å²) in [6.45, 7) is 9.26. The fourth-order valence-corrected chi connectivity index (χ4v) is 3.81. The molecule has 2 aromatic rings. The van der Waals surface area contributed by atoms with Gasteiger partial charge in [0.1, 0.15) is 5.82 Å². The molecule has 0 radical (unpaired) electrons. The van der Waals surface area contributed by atoms with E-state index in [9.17, 15) is 4.39 Å². The molecule has 1 fully saturated rings. The van der Waals surface area contributed by atoms with Crippen molar-refractivity contribution in [3.05, 3.63) is 46.5 Å². The van der Waals surface area contributed by atoms with Gasteiger partial charge in [0.05, 0.1) is 5.69 Å². The molecule has 4 nitrogen and oxygen atoms in total. The number of rotatable bonds is 6. The Bertz CT molecular complexity index is 682. The Morgan fingerprint density at radius 3 is 2.64 bits per heavy atom. The molecule has 0 atom stereocenters. The smallest absolute Gasteiger partial charge is 0.123 e. The van der Waals surface area contributed by atoms with Crippen LogP contribution in [0.4, 0.5) is 10.1 Å². The number of aromatic nitrogens is 2. The van der Waals surface area contributed by atoms with E-state index >= 15 is 0 Å². The number of nitrogens with zero attached hydrogens (tertiary/aromatic N) is 2. The zero-order valence-corrected chi connectivity index (χ0v) is 15.5. The van der Waals surface area contributed by atoms with Gasteiger partial charge in [-0.3, -0.25) is 5.10 Å². The summed E-state index contributed by atoms with van der Waals surface area (Å²) >= 11 is 0. The van der Waals surface area contributed by atoms with Crippen LogP contribution in [0.25, 0.3) is 0 Å². The molecule has 25 heavy (non-hydrogen) atoms. The topological polar surface area (TPSA) is 44.0 Å². The van der Waals surface area contributed by atoms with Crippen molar-refractivity contribution in [1.82, 2.24) is 15.5 Å². The molecule has 0 unspecified atom stereocenters. The highest BCUT2D eigenvalue weighted by atomic mass is 19.1. The van der Waals surface area contributed by atoms with Gasteiger partial charge in [0.2, 0.25) is 0 Å². The highest BCUT2D eigenvalue weighted by molar-refractivity contribution is 5.53. The van der Waals surface area contributed by atoms with Crippen LogP contribution in [0.15, 0.2) is 18.2 Å². The number of hydrogen-bond donors (Lipinski definition) is 2. The molecule has 5 heteroatoms. The molecule has 2 N–H and O–H groups in total. The molecule has 0 spiro atoms. The Balaban J connectivity index is 1.41. The van der Waals surface area contributed by atoms with Gasteiger partial charge >= 0.3 is 0 Å². The van der Waals surface area contributed by atoms with Gasteiger partial charge in [0.15, 0.2) is 0 Å². The molecule has 1 aromatic carbocycles. The van der Waals surface area contributed by atoms with Crippen LogP contribution < -0.4 is 10.2 Å². The Kier molecular flexibility index (Phi) is 5.74. The van der Waals surface area contributed by atoms with Crippen molar-refractivity contribution in [2.24, 2.45) is 0 Å². The summed E-state index contributed by atoms with van der Waals surface area (Å²) in [6.07, 6.45) is 4.49. The Morgan fingerprint density at radius 2 is 2.00 bits per heavy atom. The summed E-state index contributed by atoms with van der Waals surface area (Å²) in [6, 6.07) is 5.68. The molecule has 3 rings (SSSR count). The SMILES string of the molecule is Cc1cc(F)ccc1N1CCC(NCCCc2c(C)n[nH]c2C)CC1. The number of H-pyrrole nitrogens is 1. The molecule has 1 aliphatic rings. The second kappa shape index (κ2) is 8.00. The largest absolute Gasteiger partial charge is 0.371 e. The summed E-state index contributed by atoms with van der Waals surface area (Å²) in [5, 5.41) is 11.0. The van der Waals surface area contributed by atoms with Gasteiger partial charge in [-0.25, -0.2) is 4.39 Å². The predicted molar refractivity (Wildman–Crippen MR) is 101 cm³/mol. The maximum absolute atomic E-state index is 13.3. The van der Waals surface area contributed by atoms with Gasteiger partial charge in [-0.15, -0.1) is 0 Å². The van der Waals surface area contributed by atoms with Crippen LogP contribution in [0.5, 0.6) is 0 Å². The van der Waals surface area contributed by atoms with E-state index < -0.39 is 0 Å². The first-order valence-corrected chi connectivity index (χ1v) is 9.29. The standard InChI is InChI=1S/C20H29FN4/c1-14-13-17(21)6-7-20(14)25-11-8-18(9-12-25)22-10-4-5-19-15(2)23-24-16(19)3/h6-7,13,18,22H,4-5,8-12H2,1-3H3,(H,23,24). The third-order valence-corrected chi connectivity index (χ3v) is 5.31. The van der Waals surface area contributed by atoms with Crippen LogP contribution in [0.2, 0.25) is 0 Å². The first-order chi connectivity index (χ1) is 12.0. The summed E-state index contributed by atoms with van der Waals surface area (Å²) < 4.78 is 13.3. The number of hydrogen-bond acceptors (Lipinski definition) is 3. The van der Waals surface area contributed by atoms with Gasteiger partial charge in [-0.05, 0) is 82.3 Å². The Morgan fingerprint density at radius 1 is 1.24 bits per heavy atom. The van der Waals surface area contributed by atoms with E-state index in [1.807, 2.05) is 13.0 Å². The summed E-state index contributed by atoms with van der Waals surface area (Å²) in [5.74, 6) is -0.152. The second-order valence-corrected chi connectivity index (χ2v) is 7.16. The van der Waals surface area contributed by atoms with Gasteiger partial charge < -0.3 is 10.2 Å². The van der Waals surface area contributed by atoms with Crippen LogP contribution in [-0.2, 0) is 6.42 Å². The zero-order chi connectivity index (χ0) is 17.8. The molecular formula is C20H29FN4. The molecular weight excluding hydrogens is 315 g/mol. The number of aryl methyl sites for hydroxylation is 3. The lowest BCUT2D eigenvalue weighted by atomic mass is 10.0. The van der Waals surface area contributed by atoms with E-state index in [2.05, 4.69) is 34.3 Å². The summed E-state index contributed by atoms with van der Waals surface area (Å²) in [7, 11) is 0. The average Bonchev–Trinajstić information content (AvgIpc) is 2.91. The van der Waals surface area contributed by atoms with Crippen molar-refractivity contribution in [2.75, 3.05) is 24.5 Å².